The topological polar surface area (TPSA) is 46.9 Å². The Hall–Kier alpha value is -2.52. The van der Waals surface area contributed by atoms with Gasteiger partial charge in [-0.15, -0.1) is 0 Å². The Labute approximate surface area is 119 Å². The molecule has 0 aliphatic rings. The van der Waals surface area contributed by atoms with Gasteiger partial charge in [0.15, 0.2) is 0 Å². The van der Waals surface area contributed by atoms with Crippen molar-refractivity contribution in [3.8, 4) is 5.69 Å². The summed E-state index contributed by atoms with van der Waals surface area (Å²) in [6.07, 6.45) is -6.21. The molecule has 22 heavy (non-hydrogen) atoms. The van der Waals surface area contributed by atoms with Crippen LogP contribution in [-0.2, 0) is 11.0 Å². The fourth-order valence-electron chi connectivity index (χ4n) is 1.63. The summed E-state index contributed by atoms with van der Waals surface area (Å²) in [6.45, 7) is 0. The van der Waals surface area contributed by atoms with Gasteiger partial charge < -0.3 is 9.88 Å². The van der Waals surface area contributed by atoms with Gasteiger partial charge in [0.1, 0.15) is 0 Å². The number of carbonyl (C=O) groups is 1. The number of rotatable bonds is 2. The van der Waals surface area contributed by atoms with Gasteiger partial charge in [-0.25, -0.2) is 4.98 Å². The number of amides is 1. The number of carbonyl (C=O) groups excluding carboxylic acids is 1. The first-order chi connectivity index (χ1) is 10.1. The molecule has 1 amide bonds. The Morgan fingerprint density at radius 2 is 1.82 bits per heavy atom. The van der Waals surface area contributed by atoms with E-state index in [-0.39, 0.29) is 5.69 Å². The fraction of sp³-hybridized carbons (Fsp3) is 0.167. The van der Waals surface area contributed by atoms with Gasteiger partial charge in [0, 0.05) is 12.4 Å². The molecule has 0 aliphatic carbocycles. The summed E-state index contributed by atoms with van der Waals surface area (Å²) in [5.41, 5.74) is -1.90. The minimum Gasteiger partial charge on any atom is -0.316 e. The molecule has 4 nitrogen and oxygen atoms in total. The third-order valence-corrected chi connectivity index (χ3v) is 2.61. The molecule has 0 unspecified atom stereocenters. The van der Waals surface area contributed by atoms with E-state index in [9.17, 15) is 31.1 Å². The molecule has 118 valence electrons. The lowest BCUT2D eigenvalue weighted by Gasteiger charge is -2.15. The van der Waals surface area contributed by atoms with E-state index in [1.54, 1.807) is 0 Å². The zero-order valence-corrected chi connectivity index (χ0v) is 10.5. The maximum absolute atomic E-state index is 12.7. The van der Waals surface area contributed by atoms with Crippen LogP contribution in [-0.4, -0.2) is 21.6 Å². The molecule has 1 N–H and O–H groups in total. The smallest absolute Gasteiger partial charge is 0.316 e. The Kier molecular flexibility index (Phi) is 3.86. The number of nitrogens with zero attached hydrogens (tertiary/aromatic N) is 2. The summed E-state index contributed by atoms with van der Waals surface area (Å²) in [7, 11) is 0. The van der Waals surface area contributed by atoms with Gasteiger partial charge >= 0.3 is 18.3 Å². The van der Waals surface area contributed by atoms with Crippen LogP contribution in [0.1, 0.15) is 5.56 Å². The van der Waals surface area contributed by atoms with Gasteiger partial charge in [-0.1, -0.05) is 0 Å². The van der Waals surface area contributed by atoms with Crippen molar-refractivity contribution in [2.45, 2.75) is 12.4 Å². The second-order valence-corrected chi connectivity index (χ2v) is 4.15. The van der Waals surface area contributed by atoms with Gasteiger partial charge in [0.05, 0.1) is 23.3 Å². The van der Waals surface area contributed by atoms with Crippen molar-refractivity contribution in [1.29, 1.82) is 0 Å². The van der Waals surface area contributed by atoms with Gasteiger partial charge in [0.25, 0.3) is 0 Å². The van der Waals surface area contributed by atoms with Crippen molar-refractivity contribution in [1.82, 2.24) is 9.55 Å². The van der Waals surface area contributed by atoms with Crippen LogP contribution in [0, 0.1) is 0 Å². The van der Waals surface area contributed by atoms with E-state index in [4.69, 9.17) is 0 Å². The molecule has 1 aromatic carbocycles. The zero-order chi connectivity index (χ0) is 16.5. The van der Waals surface area contributed by atoms with Crippen molar-refractivity contribution in [3.63, 3.8) is 0 Å². The lowest BCUT2D eigenvalue weighted by molar-refractivity contribution is -0.167. The molecule has 0 fully saturated rings. The molecule has 2 aromatic rings. The summed E-state index contributed by atoms with van der Waals surface area (Å²) < 4.78 is 76.0. The number of aromatic nitrogens is 2. The fourth-order valence-corrected chi connectivity index (χ4v) is 1.63. The summed E-state index contributed by atoms with van der Waals surface area (Å²) in [5.74, 6) is -2.37. The van der Waals surface area contributed by atoms with Gasteiger partial charge in [-0.3, -0.25) is 4.79 Å². The van der Waals surface area contributed by atoms with E-state index in [1.807, 2.05) is 0 Å². The SMILES string of the molecule is O=C(Nc1cc(C(F)(F)F)ccc1-n1ccnc1)C(F)(F)F. The van der Waals surface area contributed by atoms with Crippen LogP contribution < -0.4 is 5.32 Å². The Balaban J connectivity index is 2.49. The van der Waals surface area contributed by atoms with Crippen molar-refractivity contribution in [2.24, 2.45) is 0 Å². The predicted molar refractivity (Wildman–Crippen MR) is 63.3 cm³/mol. The summed E-state index contributed by atoms with van der Waals surface area (Å²) in [6, 6.07) is 2.06. The highest BCUT2D eigenvalue weighted by molar-refractivity contribution is 5.96. The van der Waals surface area contributed by atoms with Crippen LogP contribution in [0.3, 0.4) is 0 Å². The van der Waals surface area contributed by atoms with Crippen molar-refractivity contribution >= 4 is 11.6 Å². The number of nitrogens with one attached hydrogen (secondary N) is 1. The minimum absolute atomic E-state index is 0.0805. The molecular weight excluding hydrogens is 316 g/mol. The standard InChI is InChI=1S/C12H7F6N3O/c13-11(14,15)7-1-2-9(21-4-3-19-6-21)8(5-7)20-10(22)12(16,17)18/h1-6H,(H,20,22). The van der Waals surface area contributed by atoms with E-state index in [0.717, 1.165) is 6.07 Å². The largest absolute Gasteiger partial charge is 0.471 e. The van der Waals surface area contributed by atoms with Crippen LogP contribution in [0.25, 0.3) is 5.69 Å². The molecule has 2 rings (SSSR count). The Bertz CT molecular complexity index is 675. The first-order valence-corrected chi connectivity index (χ1v) is 5.67. The number of anilines is 1. The third kappa shape index (κ3) is 3.38. The van der Waals surface area contributed by atoms with Crippen LogP contribution in [0.2, 0.25) is 0 Å². The second kappa shape index (κ2) is 5.35. The number of alkyl halides is 6. The molecule has 0 saturated heterocycles. The quantitative estimate of drug-likeness (QED) is 0.861. The van der Waals surface area contributed by atoms with Crippen LogP contribution in [0.5, 0.6) is 0 Å². The number of imidazole rings is 1. The van der Waals surface area contributed by atoms with Crippen LogP contribution in [0.4, 0.5) is 32.0 Å². The van der Waals surface area contributed by atoms with Crippen LogP contribution in [0.15, 0.2) is 36.9 Å². The Morgan fingerprint density at radius 1 is 1.14 bits per heavy atom. The number of halogens is 6. The molecule has 0 saturated carbocycles. The van der Waals surface area contributed by atoms with E-state index >= 15 is 0 Å². The normalized spacial score (nSPS) is 12.3. The molecule has 1 aromatic heterocycles. The highest BCUT2D eigenvalue weighted by atomic mass is 19.4. The summed E-state index contributed by atoms with van der Waals surface area (Å²) >= 11 is 0. The number of hydrogen-bond acceptors (Lipinski definition) is 2. The van der Waals surface area contributed by atoms with Crippen LogP contribution >= 0.6 is 0 Å². The highest BCUT2D eigenvalue weighted by Crippen LogP contribution is 2.34. The molecule has 0 aliphatic heterocycles. The number of hydrogen-bond donors (Lipinski definition) is 1. The average molecular weight is 323 g/mol. The van der Waals surface area contributed by atoms with E-state index in [1.165, 1.54) is 28.6 Å². The van der Waals surface area contributed by atoms with Gasteiger partial charge in [-0.05, 0) is 18.2 Å². The van der Waals surface area contributed by atoms with E-state index in [0.29, 0.717) is 12.1 Å². The predicted octanol–water partition coefficient (Wildman–Crippen LogP) is 3.39. The molecular formula is C12H7F6N3O. The lowest BCUT2D eigenvalue weighted by Crippen LogP contribution is -2.30. The lowest BCUT2D eigenvalue weighted by atomic mass is 10.1. The molecule has 0 radical (unpaired) electrons. The average Bonchev–Trinajstić information content (AvgIpc) is 2.90. The summed E-state index contributed by atoms with van der Waals surface area (Å²) in [4.78, 5) is 14.6. The monoisotopic (exact) mass is 323 g/mol. The minimum atomic E-state index is -5.22. The van der Waals surface area contributed by atoms with Crippen molar-refractivity contribution < 1.29 is 31.1 Å². The summed E-state index contributed by atoms with van der Waals surface area (Å²) in [5, 5.41) is 1.44. The maximum Gasteiger partial charge on any atom is 0.471 e. The second-order valence-electron chi connectivity index (χ2n) is 4.15. The van der Waals surface area contributed by atoms with Gasteiger partial charge in [-0.2, -0.15) is 26.3 Å². The molecule has 0 bridgehead atoms. The Morgan fingerprint density at radius 3 is 2.32 bits per heavy atom. The molecule has 0 atom stereocenters. The first-order valence-electron chi connectivity index (χ1n) is 5.67. The maximum atomic E-state index is 12.7. The third-order valence-electron chi connectivity index (χ3n) is 2.61. The highest BCUT2D eigenvalue weighted by Gasteiger charge is 2.39. The zero-order valence-electron chi connectivity index (χ0n) is 10.5. The molecule has 1 heterocycles. The van der Waals surface area contributed by atoms with E-state index in [2.05, 4.69) is 4.98 Å². The molecule has 10 heteroatoms. The number of benzene rings is 1. The molecule has 0 spiro atoms. The van der Waals surface area contributed by atoms with Gasteiger partial charge in [0.2, 0.25) is 0 Å². The van der Waals surface area contributed by atoms with Crippen molar-refractivity contribution in [3.05, 3.63) is 42.5 Å². The van der Waals surface area contributed by atoms with E-state index < -0.39 is 29.5 Å². The first kappa shape index (κ1) is 15.9. The van der Waals surface area contributed by atoms with Crippen molar-refractivity contribution in [2.75, 3.05) is 5.32 Å².